The van der Waals surface area contributed by atoms with E-state index in [1.54, 1.807) is 27.4 Å². The van der Waals surface area contributed by atoms with E-state index in [4.69, 9.17) is 11.5 Å². The molecule has 0 bridgehead atoms. The molecule has 40 heavy (non-hydrogen) atoms. The number of anilines is 1. The standard InChI is InChI=1S/C21H20N2O3S.C7H7N5O/c1-3-18-15-17-10-7-9-16(11-8-14-22-27(2,25)26)20(17)21(24)23(18)19-12-5-4-6-13-19;8-5-4(6(9)13)7-10-1-2-12(7)3-11-5/h4-7,9-10,12-13,15,22H,3,14H2,1-2H3;1-3H,8H2,(H2,9,13). The predicted molar refractivity (Wildman–Crippen MR) is 155 cm³/mol. The summed E-state index contributed by atoms with van der Waals surface area (Å²) < 4.78 is 27.9. The molecule has 11 nitrogen and oxygen atoms in total. The minimum atomic E-state index is -3.30. The first kappa shape index (κ1) is 28.0. The largest absolute Gasteiger partial charge is 0.383 e. The molecule has 0 aliphatic carbocycles. The van der Waals surface area contributed by atoms with Gasteiger partial charge >= 0.3 is 0 Å². The second-order valence-corrected chi connectivity index (χ2v) is 10.5. The third-order valence-corrected chi connectivity index (χ3v) is 6.53. The number of hydrogen-bond donors (Lipinski definition) is 3. The Morgan fingerprint density at radius 3 is 2.52 bits per heavy atom. The van der Waals surface area contributed by atoms with Gasteiger partial charge in [-0.2, -0.15) is 0 Å². The summed E-state index contributed by atoms with van der Waals surface area (Å²) in [5, 5.41) is 1.36. The van der Waals surface area contributed by atoms with Crippen LogP contribution in [-0.4, -0.2) is 46.1 Å². The summed E-state index contributed by atoms with van der Waals surface area (Å²) in [6, 6.07) is 17.0. The van der Waals surface area contributed by atoms with E-state index < -0.39 is 15.9 Å². The number of nitrogens with two attached hydrogens (primary N) is 2. The molecule has 0 atom stereocenters. The average molecular weight is 558 g/mol. The van der Waals surface area contributed by atoms with E-state index in [1.165, 1.54) is 6.33 Å². The topological polar surface area (TPSA) is 167 Å². The van der Waals surface area contributed by atoms with Crippen LogP contribution in [0.4, 0.5) is 5.82 Å². The fourth-order valence-electron chi connectivity index (χ4n) is 4.09. The third kappa shape index (κ3) is 6.17. The number of carbonyl (C=O) groups excluding carboxylic acids is 1. The maximum Gasteiger partial charge on any atom is 0.264 e. The fraction of sp³-hybridized carbons (Fsp3) is 0.143. The Bertz CT molecular complexity index is 1940. The molecule has 0 fully saturated rings. The number of para-hydroxylation sites is 1. The molecule has 1 amide bonds. The molecular formula is C28H27N7O4S. The van der Waals surface area contributed by atoms with Crippen molar-refractivity contribution in [3.8, 4) is 17.5 Å². The van der Waals surface area contributed by atoms with Crippen molar-refractivity contribution < 1.29 is 13.2 Å². The molecule has 5 rings (SSSR count). The van der Waals surface area contributed by atoms with Crippen molar-refractivity contribution in [2.24, 2.45) is 5.73 Å². The lowest BCUT2D eigenvalue weighted by Gasteiger charge is -2.14. The first-order valence-electron chi connectivity index (χ1n) is 12.1. The summed E-state index contributed by atoms with van der Waals surface area (Å²) in [5.41, 5.74) is 13.4. The van der Waals surface area contributed by atoms with Gasteiger partial charge in [0.2, 0.25) is 10.0 Å². The number of nitrogens with zero attached hydrogens (tertiary/aromatic N) is 4. The molecule has 0 aliphatic heterocycles. The van der Waals surface area contributed by atoms with Gasteiger partial charge in [-0.3, -0.25) is 18.6 Å². The number of carbonyl (C=O) groups is 1. The second kappa shape index (κ2) is 11.8. The van der Waals surface area contributed by atoms with Gasteiger partial charge in [-0.1, -0.05) is 49.1 Å². The number of imidazole rings is 1. The van der Waals surface area contributed by atoms with Gasteiger partial charge in [-0.15, -0.1) is 0 Å². The number of pyridine rings is 1. The Morgan fingerprint density at radius 2 is 1.85 bits per heavy atom. The van der Waals surface area contributed by atoms with Crippen LogP contribution >= 0.6 is 0 Å². The van der Waals surface area contributed by atoms with Gasteiger partial charge in [-0.05, 0) is 36.1 Å². The Kier molecular flexibility index (Phi) is 8.28. The number of rotatable bonds is 5. The van der Waals surface area contributed by atoms with Gasteiger partial charge in [0.1, 0.15) is 17.7 Å². The maximum atomic E-state index is 13.3. The highest BCUT2D eigenvalue weighted by Gasteiger charge is 2.14. The first-order valence-corrected chi connectivity index (χ1v) is 14.0. The SMILES string of the molecule is CCc1cc2cccc(C#CCNS(C)(=O)=O)c2c(=O)n1-c1ccccc1.NC(=O)c1c(N)ncn2ccnc12. The number of nitrogens with one attached hydrogen (secondary N) is 1. The van der Waals surface area contributed by atoms with Crippen molar-refractivity contribution in [2.75, 3.05) is 18.5 Å². The molecule has 204 valence electrons. The van der Waals surface area contributed by atoms with Crippen LogP contribution < -0.4 is 21.7 Å². The van der Waals surface area contributed by atoms with Crippen LogP contribution in [0.15, 0.2) is 78.1 Å². The van der Waals surface area contributed by atoms with Crippen molar-refractivity contribution in [1.82, 2.24) is 23.7 Å². The normalized spacial score (nSPS) is 10.9. The quantitative estimate of drug-likeness (QED) is 0.277. The van der Waals surface area contributed by atoms with Gasteiger partial charge in [0.05, 0.1) is 18.2 Å². The average Bonchev–Trinajstić information content (AvgIpc) is 3.39. The molecule has 0 aliphatic rings. The lowest BCUT2D eigenvalue weighted by atomic mass is 10.0. The highest BCUT2D eigenvalue weighted by Crippen LogP contribution is 2.19. The van der Waals surface area contributed by atoms with Crippen LogP contribution in [0.1, 0.15) is 28.5 Å². The van der Waals surface area contributed by atoms with E-state index >= 15 is 0 Å². The third-order valence-electron chi connectivity index (χ3n) is 5.86. The molecule has 5 aromatic rings. The zero-order chi connectivity index (χ0) is 28.9. The number of nitrogen functional groups attached to an aromatic ring is 1. The van der Waals surface area contributed by atoms with Gasteiger partial charge < -0.3 is 11.5 Å². The summed E-state index contributed by atoms with van der Waals surface area (Å²) in [6.45, 7) is 2.01. The van der Waals surface area contributed by atoms with Gasteiger partial charge in [0.25, 0.3) is 11.5 Å². The van der Waals surface area contributed by atoms with Gasteiger partial charge in [-0.25, -0.2) is 23.1 Å². The van der Waals surface area contributed by atoms with Crippen molar-refractivity contribution >= 4 is 38.2 Å². The lowest BCUT2D eigenvalue weighted by Crippen LogP contribution is -2.23. The van der Waals surface area contributed by atoms with Crippen molar-refractivity contribution in [3.63, 3.8) is 0 Å². The van der Waals surface area contributed by atoms with Crippen LogP contribution in [0.5, 0.6) is 0 Å². The number of fused-ring (bicyclic) bond motifs is 2. The van der Waals surface area contributed by atoms with Crippen molar-refractivity contribution in [3.05, 3.63) is 100 Å². The number of amides is 1. The molecular weight excluding hydrogens is 530 g/mol. The molecule has 0 radical (unpaired) electrons. The molecule has 0 saturated heterocycles. The lowest BCUT2D eigenvalue weighted by molar-refractivity contribution is 0.100. The molecule has 0 unspecified atom stereocenters. The zero-order valence-corrected chi connectivity index (χ0v) is 22.6. The van der Waals surface area contributed by atoms with Crippen molar-refractivity contribution in [1.29, 1.82) is 0 Å². The Balaban J connectivity index is 0.000000236. The van der Waals surface area contributed by atoms with E-state index in [1.807, 2.05) is 55.5 Å². The highest BCUT2D eigenvalue weighted by molar-refractivity contribution is 7.88. The molecule has 0 saturated carbocycles. The van der Waals surface area contributed by atoms with E-state index in [9.17, 15) is 18.0 Å². The highest BCUT2D eigenvalue weighted by atomic mass is 32.2. The molecule has 2 aromatic carbocycles. The maximum absolute atomic E-state index is 13.3. The minimum Gasteiger partial charge on any atom is -0.383 e. The number of sulfonamides is 1. The van der Waals surface area contributed by atoms with E-state index in [0.29, 0.717) is 23.0 Å². The predicted octanol–water partition coefficient (Wildman–Crippen LogP) is 1.86. The molecule has 0 spiro atoms. The molecule has 3 heterocycles. The number of hydrogen-bond acceptors (Lipinski definition) is 7. The van der Waals surface area contributed by atoms with E-state index in [-0.39, 0.29) is 23.5 Å². The number of primary amides is 1. The van der Waals surface area contributed by atoms with Crippen molar-refractivity contribution in [2.45, 2.75) is 13.3 Å². The molecule has 12 heteroatoms. The Labute approximate surface area is 230 Å². The number of aromatic nitrogens is 4. The van der Waals surface area contributed by atoms with Crippen LogP contribution in [0.2, 0.25) is 0 Å². The summed E-state index contributed by atoms with van der Waals surface area (Å²) in [7, 11) is -3.30. The van der Waals surface area contributed by atoms with Crippen LogP contribution in [0, 0.1) is 11.8 Å². The summed E-state index contributed by atoms with van der Waals surface area (Å²) in [6.07, 6.45) is 6.48. The van der Waals surface area contributed by atoms with Crippen LogP contribution in [0.25, 0.3) is 22.1 Å². The second-order valence-electron chi connectivity index (χ2n) is 8.66. The number of benzene rings is 2. The monoisotopic (exact) mass is 557 g/mol. The van der Waals surface area contributed by atoms with Crippen LogP contribution in [-0.2, 0) is 16.4 Å². The Morgan fingerprint density at radius 1 is 1.10 bits per heavy atom. The van der Waals surface area contributed by atoms with E-state index in [2.05, 4.69) is 26.5 Å². The summed E-state index contributed by atoms with van der Waals surface area (Å²) in [4.78, 5) is 32.0. The summed E-state index contributed by atoms with van der Waals surface area (Å²) >= 11 is 0. The Hall–Kier alpha value is -4.99. The van der Waals surface area contributed by atoms with Gasteiger partial charge in [0, 0.05) is 29.3 Å². The fourth-order valence-corrected chi connectivity index (χ4v) is 4.42. The van der Waals surface area contributed by atoms with Gasteiger partial charge in [0.15, 0.2) is 5.65 Å². The van der Waals surface area contributed by atoms with Crippen LogP contribution in [0.3, 0.4) is 0 Å². The molecule has 5 N–H and O–H groups in total. The zero-order valence-electron chi connectivity index (χ0n) is 21.8. The first-order chi connectivity index (χ1) is 19.1. The smallest absolute Gasteiger partial charge is 0.264 e. The van der Waals surface area contributed by atoms with E-state index in [0.717, 1.165) is 23.0 Å². The molecule has 3 aromatic heterocycles. The minimum absolute atomic E-state index is 0.00482. The summed E-state index contributed by atoms with van der Waals surface area (Å²) in [5.74, 6) is 5.18. The number of aryl methyl sites for hydroxylation is 1.